The van der Waals surface area contributed by atoms with Gasteiger partial charge >= 0.3 is 0 Å². The van der Waals surface area contributed by atoms with Gasteiger partial charge in [0.05, 0.1) is 17.0 Å². The largest absolute Gasteiger partial charge is 0.352 e. The summed E-state index contributed by atoms with van der Waals surface area (Å²) in [6.45, 7) is 2.96. The number of fused-ring (bicyclic) bond motifs is 1. The third-order valence-electron chi connectivity index (χ3n) is 6.04. The van der Waals surface area contributed by atoms with Gasteiger partial charge in [0.1, 0.15) is 0 Å². The number of nitrogens with zero attached hydrogens (tertiary/aromatic N) is 1. The lowest BCUT2D eigenvalue weighted by molar-refractivity contribution is -0.130. The molecule has 0 fully saturated rings. The molecule has 7 heteroatoms. The van der Waals surface area contributed by atoms with E-state index in [4.69, 9.17) is 4.98 Å². The molecule has 2 unspecified atom stereocenters. The Labute approximate surface area is 216 Å². The molecular formula is C29H32N4O2S. The molecular weight excluding hydrogens is 468 g/mol. The van der Waals surface area contributed by atoms with Crippen molar-refractivity contribution in [1.29, 1.82) is 0 Å². The fourth-order valence-electron chi connectivity index (χ4n) is 4.13. The number of hydrogen-bond acceptors (Lipinski definition) is 4. The van der Waals surface area contributed by atoms with Gasteiger partial charge in [-0.2, -0.15) is 0 Å². The molecule has 0 bridgehead atoms. The number of aromatic amines is 1. The van der Waals surface area contributed by atoms with E-state index in [0.717, 1.165) is 40.2 Å². The molecule has 3 N–H and O–H groups in total. The average Bonchev–Trinajstić information content (AvgIpc) is 3.33. The van der Waals surface area contributed by atoms with Crippen LogP contribution in [-0.4, -0.2) is 27.0 Å². The first kappa shape index (κ1) is 25.5. The zero-order valence-corrected chi connectivity index (χ0v) is 21.3. The summed E-state index contributed by atoms with van der Waals surface area (Å²) in [5.74, 6) is -0.747. The van der Waals surface area contributed by atoms with E-state index in [2.05, 4.69) is 22.5 Å². The van der Waals surface area contributed by atoms with Gasteiger partial charge in [-0.1, -0.05) is 97.9 Å². The minimum absolute atomic E-state index is 0.103. The molecule has 0 saturated heterocycles. The van der Waals surface area contributed by atoms with Crippen molar-refractivity contribution in [1.82, 2.24) is 20.6 Å². The van der Waals surface area contributed by atoms with Gasteiger partial charge in [-0.05, 0) is 29.7 Å². The number of benzene rings is 3. The van der Waals surface area contributed by atoms with Crippen molar-refractivity contribution in [3.8, 4) is 0 Å². The minimum atomic E-state index is -0.498. The van der Waals surface area contributed by atoms with Crippen LogP contribution in [-0.2, 0) is 22.7 Å². The van der Waals surface area contributed by atoms with Gasteiger partial charge in [0.2, 0.25) is 11.8 Å². The smallest absolute Gasteiger partial charge is 0.225 e. The summed E-state index contributed by atoms with van der Waals surface area (Å²) in [6, 6.07) is 27.5. The van der Waals surface area contributed by atoms with Gasteiger partial charge in [-0.25, -0.2) is 4.98 Å². The predicted molar refractivity (Wildman–Crippen MR) is 145 cm³/mol. The Morgan fingerprint density at radius 3 is 2.11 bits per heavy atom. The van der Waals surface area contributed by atoms with Crippen LogP contribution in [0, 0.1) is 5.92 Å². The highest BCUT2D eigenvalue weighted by molar-refractivity contribution is 7.99. The highest BCUT2D eigenvalue weighted by Crippen LogP contribution is 2.33. The Kier molecular flexibility index (Phi) is 9.16. The van der Waals surface area contributed by atoms with E-state index in [9.17, 15) is 9.59 Å². The van der Waals surface area contributed by atoms with E-state index in [0.29, 0.717) is 13.1 Å². The summed E-state index contributed by atoms with van der Waals surface area (Å²) in [4.78, 5) is 34.5. The molecule has 2 atom stereocenters. The van der Waals surface area contributed by atoms with Gasteiger partial charge in [-0.3, -0.25) is 9.59 Å². The number of carbonyl (C=O) groups excluding carboxylic acids is 2. The van der Waals surface area contributed by atoms with Gasteiger partial charge in [0.25, 0.3) is 0 Å². The van der Waals surface area contributed by atoms with Crippen molar-refractivity contribution in [3.63, 3.8) is 0 Å². The van der Waals surface area contributed by atoms with Gasteiger partial charge < -0.3 is 15.6 Å². The normalized spacial score (nSPS) is 12.7. The van der Waals surface area contributed by atoms with Crippen LogP contribution in [0.25, 0.3) is 11.0 Å². The number of aromatic nitrogens is 2. The molecule has 4 rings (SSSR count). The topological polar surface area (TPSA) is 86.9 Å². The first-order valence-corrected chi connectivity index (χ1v) is 13.2. The first-order chi connectivity index (χ1) is 17.6. The van der Waals surface area contributed by atoms with Crippen molar-refractivity contribution in [3.05, 3.63) is 96.1 Å². The first-order valence-electron chi connectivity index (χ1n) is 12.4. The second-order valence-electron chi connectivity index (χ2n) is 8.78. The minimum Gasteiger partial charge on any atom is -0.352 e. The van der Waals surface area contributed by atoms with Crippen LogP contribution < -0.4 is 10.6 Å². The lowest BCUT2D eigenvalue weighted by Gasteiger charge is -2.25. The molecule has 0 saturated carbocycles. The maximum atomic E-state index is 13.5. The number of carbonyl (C=O) groups is 2. The molecule has 6 nitrogen and oxygen atoms in total. The molecule has 36 heavy (non-hydrogen) atoms. The number of H-pyrrole nitrogens is 1. The molecule has 186 valence electrons. The van der Waals surface area contributed by atoms with Gasteiger partial charge in [0.15, 0.2) is 5.16 Å². The van der Waals surface area contributed by atoms with Gasteiger partial charge in [0, 0.05) is 24.8 Å². The zero-order valence-electron chi connectivity index (χ0n) is 20.4. The molecule has 0 spiro atoms. The number of thioether (sulfide) groups is 1. The Bertz CT molecular complexity index is 1230. The highest BCUT2D eigenvalue weighted by atomic mass is 32.2. The maximum absolute atomic E-state index is 13.5. The van der Waals surface area contributed by atoms with E-state index in [1.54, 1.807) is 11.8 Å². The van der Waals surface area contributed by atoms with E-state index in [1.807, 2.05) is 84.9 Å². The summed E-state index contributed by atoms with van der Waals surface area (Å²) in [6.07, 6.45) is 1.80. The molecule has 0 aliphatic carbocycles. The quantitative estimate of drug-likeness (QED) is 0.225. The summed E-state index contributed by atoms with van der Waals surface area (Å²) >= 11 is 1.55. The molecule has 2 amide bonds. The second-order valence-corrected chi connectivity index (χ2v) is 10.0. The van der Waals surface area contributed by atoms with Crippen LogP contribution in [0.5, 0.6) is 0 Å². The van der Waals surface area contributed by atoms with E-state index in [1.165, 1.54) is 0 Å². The molecule has 3 aromatic carbocycles. The Balaban J connectivity index is 1.50. The van der Waals surface area contributed by atoms with Crippen molar-refractivity contribution in [2.24, 2.45) is 5.92 Å². The summed E-state index contributed by atoms with van der Waals surface area (Å²) in [5.41, 5.74) is 3.90. The summed E-state index contributed by atoms with van der Waals surface area (Å²) in [5, 5.41) is 6.72. The SMILES string of the molecule is CCCC(Sc1nc2ccccc2[nH]1)C(CC(=O)NCc1ccccc1)C(=O)NCc1ccccc1. The molecule has 1 heterocycles. The predicted octanol–water partition coefficient (Wildman–Crippen LogP) is 5.46. The number of rotatable bonds is 12. The number of imidazole rings is 1. The maximum Gasteiger partial charge on any atom is 0.225 e. The van der Waals surface area contributed by atoms with Crippen LogP contribution >= 0.6 is 11.8 Å². The number of nitrogens with one attached hydrogen (secondary N) is 3. The monoisotopic (exact) mass is 500 g/mol. The average molecular weight is 501 g/mol. The van der Waals surface area contributed by atoms with Crippen molar-refractivity contribution in [2.75, 3.05) is 0 Å². The van der Waals surface area contributed by atoms with Crippen LogP contribution in [0.4, 0.5) is 0 Å². The van der Waals surface area contributed by atoms with Crippen molar-refractivity contribution in [2.45, 2.75) is 49.7 Å². The number of amides is 2. The summed E-state index contributed by atoms with van der Waals surface area (Å²) in [7, 11) is 0. The van der Waals surface area contributed by atoms with Crippen LogP contribution in [0.2, 0.25) is 0 Å². The highest BCUT2D eigenvalue weighted by Gasteiger charge is 2.31. The fourth-order valence-corrected chi connectivity index (χ4v) is 5.48. The molecule has 0 aliphatic rings. The summed E-state index contributed by atoms with van der Waals surface area (Å²) < 4.78 is 0. The Hall–Kier alpha value is -3.58. The van der Waals surface area contributed by atoms with Crippen molar-refractivity contribution < 1.29 is 9.59 Å². The number of hydrogen-bond donors (Lipinski definition) is 3. The van der Waals surface area contributed by atoms with Crippen molar-refractivity contribution >= 4 is 34.6 Å². The van der Waals surface area contributed by atoms with E-state index in [-0.39, 0.29) is 23.5 Å². The fraction of sp³-hybridized carbons (Fsp3) is 0.276. The Morgan fingerprint density at radius 1 is 0.861 bits per heavy atom. The van der Waals surface area contributed by atoms with Crippen LogP contribution in [0.3, 0.4) is 0 Å². The lowest BCUT2D eigenvalue weighted by Crippen LogP contribution is -2.39. The van der Waals surface area contributed by atoms with E-state index >= 15 is 0 Å². The molecule has 4 aromatic rings. The molecule has 0 aliphatic heterocycles. The third-order valence-corrected chi connectivity index (χ3v) is 7.32. The standard InChI is InChI=1S/C29H32N4O2S/c1-2-11-26(36-29-32-24-16-9-10-17-25(24)33-29)23(28(35)31-20-22-14-7-4-8-15-22)18-27(34)30-19-21-12-5-3-6-13-21/h3-10,12-17,23,26H,2,11,18-20H2,1H3,(H,30,34)(H,31,35)(H,32,33). The second kappa shape index (κ2) is 12.9. The van der Waals surface area contributed by atoms with E-state index < -0.39 is 5.92 Å². The van der Waals surface area contributed by atoms with Crippen LogP contribution in [0.1, 0.15) is 37.3 Å². The number of para-hydroxylation sites is 2. The Morgan fingerprint density at radius 2 is 1.47 bits per heavy atom. The third kappa shape index (κ3) is 7.21. The van der Waals surface area contributed by atoms with Crippen LogP contribution in [0.15, 0.2) is 90.1 Å². The zero-order chi connectivity index (χ0) is 25.2. The molecule has 1 aromatic heterocycles. The lowest BCUT2D eigenvalue weighted by atomic mass is 9.96. The van der Waals surface area contributed by atoms with Gasteiger partial charge in [-0.15, -0.1) is 0 Å². The molecule has 0 radical (unpaired) electrons.